The highest BCUT2D eigenvalue weighted by molar-refractivity contribution is 5.65. The maximum Gasteiger partial charge on any atom is 0.330 e. The number of benzene rings is 1. The predicted molar refractivity (Wildman–Crippen MR) is 92.4 cm³/mol. The normalized spacial score (nSPS) is 19.1. The molecule has 26 heavy (non-hydrogen) atoms. The Labute approximate surface area is 147 Å². The van der Waals surface area contributed by atoms with Gasteiger partial charge in [-0.15, -0.1) is 0 Å². The molecule has 0 bridgehead atoms. The Kier molecular flexibility index (Phi) is 4.11. The van der Waals surface area contributed by atoms with Crippen LogP contribution in [0.3, 0.4) is 0 Å². The van der Waals surface area contributed by atoms with Gasteiger partial charge in [-0.25, -0.2) is 4.79 Å². The first-order chi connectivity index (χ1) is 12.7. The van der Waals surface area contributed by atoms with Gasteiger partial charge in [-0.2, -0.15) is 0 Å². The average Bonchev–Trinajstić information content (AvgIpc) is 3.32. The van der Waals surface area contributed by atoms with Crippen LogP contribution in [0.1, 0.15) is 6.23 Å². The van der Waals surface area contributed by atoms with Gasteiger partial charge >= 0.3 is 5.69 Å². The van der Waals surface area contributed by atoms with E-state index in [2.05, 4.69) is 10.1 Å². The Morgan fingerprint density at radius 2 is 2.00 bits per heavy atom. The maximum absolute atomic E-state index is 12.2. The molecule has 3 heterocycles. The van der Waals surface area contributed by atoms with Crippen LogP contribution >= 0.6 is 0 Å². The van der Waals surface area contributed by atoms with Gasteiger partial charge in [0.05, 0.1) is 12.2 Å². The van der Waals surface area contributed by atoms with Gasteiger partial charge < -0.3 is 14.4 Å². The molecule has 1 aliphatic rings. The molecule has 0 saturated heterocycles. The minimum absolute atomic E-state index is 0.181. The Morgan fingerprint density at radius 1 is 1.19 bits per heavy atom. The van der Waals surface area contributed by atoms with E-state index in [1.165, 1.54) is 10.8 Å². The van der Waals surface area contributed by atoms with Gasteiger partial charge in [0.2, 0.25) is 0 Å². The summed E-state index contributed by atoms with van der Waals surface area (Å²) < 4.78 is 12.1. The number of aliphatic hydroxyl groups is 1. The Balaban J connectivity index is 1.73. The van der Waals surface area contributed by atoms with E-state index in [-0.39, 0.29) is 12.2 Å². The minimum atomic E-state index is -0.712. The van der Waals surface area contributed by atoms with Crippen molar-refractivity contribution in [2.75, 3.05) is 6.61 Å². The van der Waals surface area contributed by atoms with Crippen molar-refractivity contribution in [3.05, 3.63) is 75.6 Å². The smallest absolute Gasteiger partial charge is 0.330 e. The summed E-state index contributed by atoms with van der Waals surface area (Å²) in [7, 11) is 0. The fourth-order valence-corrected chi connectivity index (χ4v) is 2.75. The van der Waals surface area contributed by atoms with Gasteiger partial charge in [-0.3, -0.25) is 14.3 Å². The molecule has 0 spiro atoms. The molecule has 2 N–H and O–H groups in total. The van der Waals surface area contributed by atoms with Crippen molar-refractivity contribution in [3.8, 4) is 22.6 Å². The number of aromatic amines is 1. The zero-order valence-electron chi connectivity index (χ0n) is 13.5. The van der Waals surface area contributed by atoms with Crippen LogP contribution in [0.5, 0.6) is 0 Å². The molecule has 0 amide bonds. The monoisotopic (exact) mass is 353 g/mol. The van der Waals surface area contributed by atoms with E-state index in [1.54, 1.807) is 18.2 Å². The number of rotatable bonds is 4. The molecule has 0 fully saturated rings. The number of aliphatic hydroxyl groups excluding tert-OH is 1. The Bertz CT molecular complexity index is 1060. The molecule has 1 aromatic carbocycles. The molecule has 0 aliphatic carbocycles. The van der Waals surface area contributed by atoms with Crippen LogP contribution in [0, 0.1) is 0 Å². The summed E-state index contributed by atoms with van der Waals surface area (Å²) in [5.74, 6) is 0.509. The van der Waals surface area contributed by atoms with E-state index in [1.807, 2.05) is 30.3 Å². The highest BCUT2D eigenvalue weighted by atomic mass is 16.5. The molecule has 0 unspecified atom stereocenters. The zero-order chi connectivity index (χ0) is 18.1. The van der Waals surface area contributed by atoms with Gasteiger partial charge in [-0.1, -0.05) is 41.6 Å². The summed E-state index contributed by atoms with van der Waals surface area (Å²) in [6, 6.07) is 11.0. The minimum Gasteiger partial charge on any atom is -0.393 e. The van der Waals surface area contributed by atoms with Crippen LogP contribution in [-0.4, -0.2) is 32.5 Å². The second kappa shape index (κ2) is 6.58. The van der Waals surface area contributed by atoms with Crippen LogP contribution in [-0.2, 0) is 4.74 Å². The van der Waals surface area contributed by atoms with E-state index in [9.17, 15) is 9.59 Å². The fourth-order valence-electron chi connectivity index (χ4n) is 2.75. The van der Waals surface area contributed by atoms with Crippen molar-refractivity contribution in [1.82, 2.24) is 14.7 Å². The standard InChI is InChI=1S/C18H15N3O5/c22-10-12-6-7-16(25-12)21-9-13(17(23)19-18(21)24)14-8-15(26-20-14)11-4-2-1-3-5-11/h1-9,12,16,22H,10H2,(H,19,23,24)/t12-,16+/m0/s1. The fraction of sp³-hybridized carbons (Fsp3) is 0.167. The van der Waals surface area contributed by atoms with Gasteiger partial charge in [0.15, 0.2) is 12.0 Å². The van der Waals surface area contributed by atoms with E-state index in [4.69, 9.17) is 14.4 Å². The van der Waals surface area contributed by atoms with Crippen molar-refractivity contribution < 1.29 is 14.4 Å². The lowest BCUT2D eigenvalue weighted by Gasteiger charge is -2.15. The summed E-state index contributed by atoms with van der Waals surface area (Å²) in [5, 5.41) is 13.1. The number of hydrogen-bond acceptors (Lipinski definition) is 6. The molecular weight excluding hydrogens is 338 g/mol. The molecule has 4 rings (SSSR count). The highest BCUT2D eigenvalue weighted by Gasteiger charge is 2.22. The van der Waals surface area contributed by atoms with E-state index in [0.29, 0.717) is 11.5 Å². The van der Waals surface area contributed by atoms with Gasteiger partial charge in [-0.05, 0) is 6.08 Å². The predicted octanol–water partition coefficient (Wildman–Crippen LogP) is 1.30. The first-order valence-electron chi connectivity index (χ1n) is 7.98. The zero-order valence-corrected chi connectivity index (χ0v) is 13.5. The number of aromatic nitrogens is 3. The van der Waals surface area contributed by atoms with Gasteiger partial charge in [0, 0.05) is 17.8 Å². The summed E-state index contributed by atoms with van der Waals surface area (Å²) in [6.45, 7) is -0.193. The van der Waals surface area contributed by atoms with Crippen LogP contribution in [0.4, 0.5) is 0 Å². The third-order valence-electron chi connectivity index (χ3n) is 4.07. The molecule has 2 atom stereocenters. The Hall–Kier alpha value is -3.23. The molecule has 132 valence electrons. The SMILES string of the molecule is O=c1[nH]c(=O)n([C@H]2C=C[C@@H](CO)O2)cc1-c1cc(-c2ccccc2)on1. The average molecular weight is 353 g/mol. The first kappa shape index (κ1) is 16.2. The quantitative estimate of drug-likeness (QED) is 0.684. The van der Waals surface area contributed by atoms with Crippen molar-refractivity contribution in [2.24, 2.45) is 0 Å². The largest absolute Gasteiger partial charge is 0.393 e. The lowest BCUT2D eigenvalue weighted by Crippen LogP contribution is -2.33. The van der Waals surface area contributed by atoms with Crippen molar-refractivity contribution in [1.29, 1.82) is 0 Å². The number of H-pyrrole nitrogens is 1. The lowest BCUT2D eigenvalue weighted by molar-refractivity contribution is -0.0102. The topological polar surface area (TPSA) is 110 Å². The first-order valence-corrected chi connectivity index (χ1v) is 7.98. The molecule has 8 nitrogen and oxygen atoms in total. The summed E-state index contributed by atoms with van der Waals surface area (Å²) in [4.78, 5) is 26.6. The van der Waals surface area contributed by atoms with Crippen LogP contribution in [0.15, 0.2) is 68.9 Å². The van der Waals surface area contributed by atoms with Gasteiger partial charge in [0.25, 0.3) is 5.56 Å². The molecule has 2 aromatic heterocycles. The third-order valence-corrected chi connectivity index (χ3v) is 4.07. The highest BCUT2D eigenvalue weighted by Crippen LogP contribution is 2.25. The number of nitrogens with one attached hydrogen (secondary N) is 1. The van der Waals surface area contributed by atoms with E-state index < -0.39 is 23.6 Å². The van der Waals surface area contributed by atoms with Crippen LogP contribution in [0.25, 0.3) is 22.6 Å². The van der Waals surface area contributed by atoms with E-state index >= 15 is 0 Å². The van der Waals surface area contributed by atoms with Crippen LogP contribution < -0.4 is 11.2 Å². The molecule has 3 aromatic rings. The van der Waals surface area contributed by atoms with Crippen molar-refractivity contribution in [2.45, 2.75) is 12.3 Å². The maximum atomic E-state index is 12.2. The molecular formula is C18H15N3O5. The molecule has 8 heteroatoms. The molecule has 0 saturated carbocycles. The van der Waals surface area contributed by atoms with Gasteiger partial charge in [0.1, 0.15) is 11.8 Å². The summed E-state index contributed by atoms with van der Waals surface area (Å²) in [6.07, 6.45) is 3.48. The molecule has 1 aliphatic heterocycles. The second-order valence-corrected chi connectivity index (χ2v) is 5.78. The summed E-state index contributed by atoms with van der Waals surface area (Å²) >= 11 is 0. The van der Waals surface area contributed by atoms with E-state index in [0.717, 1.165) is 5.56 Å². The molecule has 0 radical (unpaired) electrons. The van der Waals surface area contributed by atoms with Crippen molar-refractivity contribution >= 4 is 0 Å². The lowest BCUT2D eigenvalue weighted by atomic mass is 10.1. The number of nitrogens with zero attached hydrogens (tertiary/aromatic N) is 2. The third kappa shape index (κ3) is 2.92. The number of ether oxygens (including phenoxy) is 1. The van der Waals surface area contributed by atoms with Crippen molar-refractivity contribution in [3.63, 3.8) is 0 Å². The van der Waals surface area contributed by atoms with Crippen LogP contribution in [0.2, 0.25) is 0 Å². The Morgan fingerprint density at radius 3 is 2.73 bits per heavy atom. The second-order valence-electron chi connectivity index (χ2n) is 5.78. The summed E-state index contributed by atoms with van der Waals surface area (Å²) in [5.41, 5.74) is 0.127. The number of hydrogen-bond donors (Lipinski definition) is 2.